The molecule has 4 nitrogen and oxygen atoms in total. The summed E-state index contributed by atoms with van der Waals surface area (Å²) in [5, 5.41) is 2.74. The molecule has 0 spiro atoms. The number of carbonyl (C=O) groups excluding carboxylic acids is 1. The minimum atomic E-state index is 0.0277. The molecule has 4 heteroatoms. The number of benzene rings is 1. The summed E-state index contributed by atoms with van der Waals surface area (Å²) in [6.45, 7) is 0.146. The lowest BCUT2D eigenvalue weighted by Gasteiger charge is -2.04. The van der Waals surface area contributed by atoms with E-state index in [1.165, 1.54) is 0 Å². The first-order valence-corrected chi connectivity index (χ1v) is 4.05. The highest BCUT2D eigenvalue weighted by Crippen LogP contribution is 2.27. The molecule has 1 aromatic rings. The molecule has 0 saturated heterocycles. The van der Waals surface area contributed by atoms with E-state index in [4.69, 9.17) is 10.5 Å². The molecule has 68 valence electrons. The van der Waals surface area contributed by atoms with Gasteiger partial charge in [0.25, 0.3) is 0 Å². The van der Waals surface area contributed by atoms with E-state index < -0.39 is 0 Å². The third-order valence-electron chi connectivity index (χ3n) is 1.96. The molecule has 1 aliphatic heterocycles. The first-order chi connectivity index (χ1) is 6.29. The molecule has 0 saturated carbocycles. The van der Waals surface area contributed by atoms with Gasteiger partial charge in [0.05, 0.1) is 6.42 Å². The van der Waals surface area contributed by atoms with Crippen molar-refractivity contribution < 1.29 is 9.53 Å². The fraction of sp³-hybridized carbons (Fsp3) is 0.222. The highest BCUT2D eigenvalue weighted by molar-refractivity contribution is 5.99. The second kappa shape index (κ2) is 3.06. The lowest BCUT2D eigenvalue weighted by Crippen LogP contribution is -2.07. The van der Waals surface area contributed by atoms with Crippen LogP contribution < -0.4 is 15.8 Å². The number of anilines is 1. The zero-order chi connectivity index (χ0) is 9.26. The van der Waals surface area contributed by atoms with Crippen LogP contribution in [0.25, 0.3) is 0 Å². The molecule has 0 atom stereocenters. The summed E-state index contributed by atoms with van der Waals surface area (Å²) in [5.41, 5.74) is 7.06. The van der Waals surface area contributed by atoms with Gasteiger partial charge in [0, 0.05) is 11.8 Å². The third-order valence-corrected chi connectivity index (χ3v) is 1.96. The molecule has 1 aromatic carbocycles. The fourth-order valence-corrected chi connectivity index (χ4v) is 1.38. The third kappa shape index (κ3) is 1.48. The molecule has 0 aromatic heterocycles. The standard InChI is InChI=1S/C9H10N2O2/c10-5-13-7-2-1-6-3-9(12)11-8(6)4-7/h1-2,4H,3,5,10H2,(H,11,12). The molecule has 0 radical (unpaired) electrons. The van der Waals surface area contributed by atoms with E-state index in [-0.39, 0.29) is 12.6 Å². The van der Waals surface area contributed by atoms with Crippen LogP contribution in [0.1, 0.15) is 5.56 Å². The first-order valence-electron chi connectivity index (χ1n) is 4.05. The number of nitrogens with one attached hydrogen (secondary N) is 1. The van der Waals surface area contributed by atoms with Crippen LogP contribution in [-0.2, 0) is 11.2 Å². The number of hydrogen-bond donors (Lipinski definition) is 2. The highest BCUT2D eigenvalue weighted by Gasteiger charge is 2.17. The van der Waals surface area contributed by atoms with Crippen molar-refractivity contribution in [1.29, 1.82) is 0 Å². The van der Waals surface area contributed by atoms with Gasteiger partial charge in [-0.1, -0.05) is 6.07 Å². The summed E-state index contributed by atoms with van der Waals surface area (Å²) in [6.07, 6.45) is 0.457. The fourth-order valence-electron chi connectivity index (χ4n) is 1.38. The predicted molar refractivity (Wildman–Crippen MR) is 48.5 cm³/mol. The molecule has 1 amide bonds. The van der Waals surface area contributed by atoms with Crippen LogP contribution in [0.15, 0.2) is 18.2 Å². The molecular formula is C9H10N2O2. The molecular weight excluding hydrogens is 168 g/mol. The van der Waals surface area contributed by atoms with E-state index in [1.807, 2.05) is 12.1 Å². The molecule has 2 rings (SSSR count). The topological polar surface area (TPSA) is 64.3 Å². The molecule has 0 unspecified atom stereocenters. The average Bonchev–Trinajstić information content (AvgIpc) is 2.44. The van der Waals surface area contributed by atoms with E-state index in [9.17, 15) is 4.79 Å². The molecule has 0 fully saturated rings. The van der Waals surface area contributed by atoms with E-state index in [1.54, 1.807) is 6.07 Å². The van der Waals surface area contributed by atoms with Crippen LogP contribution in [0.2, 0.25) is 0 Å². The summed E-state index contributed by atoms with van der Waals surface area (Å²) in [4.78, 5) is 11.0. The number of ether oxygens (including phenoxy) is 1. The first kappa shape index (κ1) is 8.07. The van der Waals surface area contributed by atoms with Gasteiger partial charge in [-0.3, -0.25) is 10.5 Å². The minimum absolute atomic E-state index is 0.0277. The SMILES string of the molecule is NCOc1ccc2c(c1)NC(=O)C2. The van der Waals surface area contributed by atoms with Gasteiger partial charge in [0.1, 0.15) is 12.5 Å². The van der Waals surface area contributed by atoms with Crippen molar-refractivity contribution in [3.8, 4) is 5.75 Å². The summed E-state index contributed by atoms with van der Waals surface area (Å²) < 4.78 is 5.09. The second-order valence-electron chi connectivity index (χ2n) is 2.85. The molecule has 3 N–H and O–H groups in total. The van der Waals surface area contributed by atoms with Crippen molar-refractivity contribution in [1.82, 2.24) is 0 Å². The maximum Gasteiger partial charge on any atom is 0.228 e. The van der Waals surface area contributed by atoms with Crippen molar-refractivity contribution in [2.75, 3.05) is 12.0 Å². The van der Waals surface area contributed by atoms with E-state index in [0.29, 0.717) is 12.2 Å². The molecule has 0 bridgehead atoms. The highest BCUT2D eigenvalue weighted by atomic mass is 16.5. The maximum atomic E-state index is 11.0. The molecule has 1 aliphatic rings. The average molecular weight is 178 g/mol. The number of carbonyl (C=O) groups is 1. The van der Waals surface area contributed by atoms with Crippen LogP contribution >= 0.6 is 0 Å². The number of nitrogens with two attached hydrogens (primary N) is 1. The van der Waals surface area contributed by atoms with Gasteiger partial charge in [0.2, 0.25) is 5.91 Å². The van der Waals surface area contributed by atoms with Gasteiger partial charge in [-0.15, -0.1) is 0 Å². The Morgan fingerprint density at radius 1 is 1.54 bits per heavy atom. The molecule has 13 heavy (non-hydrogen) atoms. The van der Waals surface area contributed by atoms with Gasteiger partial charge in [0.15, 0.2) is 0 Å². The van der Waals surface area contributed by atoms with Gasteiger partial charge in [-0.25, -0.2) is 0 Å². The molecule has 1 heterocycles. The van der Waals surface area contributed by atoms with Crippen molar-refractivity contribution in [2.24, 2.45) is 5.73 Å². The largest absolute Gasteiger partial charge is 0.479 e. The Balaban J connectivity index is 2.29. The van der Waals surface area contributed by atoms with Gasteiger partial charge in [-0.05, 0) is 11.6 Å². The zero-order valence-corrected chi connectivity index (χ0v) is 7.04. The van der Waals surface area contributed by atoms with Gasteiger partial charge >= 0.3 is 0 Å². The van der Waals surface area contributed by atoms with Crippen LogP contribution in [0.3, 0.4) is 0 Å². The summed E-state index contributed by atoms with van der Waals surface area (Å²) in [5.74, 6) is 0.711. The normalized spacial score (nSPS) is 13.8. The van der Waals surface area contributed by atoms with Crippen molar-refractivity contribution in [3.05, 3.63) is 23.8 Å². The number of amides is 1. The van der Waals surface area contributed by atoms with Crippen LogP contribution in [-0.4, -0.2) is 12.6 Å². The Hall–Kier alpha value is -1.55. The summed E-state index contributed by atoms with van der Waals surface area (Å²) in [6, 6.07) is 5.47. The Morgan fingerprint density at radius 2 is 2.38 bits per heavy atom. The predicted octanol–water partition coefficient (Wildman–Crippen LogP) is 0.476. The maximum absolute atomic E-state index is 11.0. The van der Waals surface area contributed by atoms with Gasteiger partial charge in [-0.2, -0.15) is 0 Å². The Kier molecular flexibility index (Phi) is 1.90. The van der Waals surface area contributed by atoms with E-state index in [0.717, 1.165) is 11.3 Å². The van der Waals surface area contributed by atoms with Crippen molar-refractivity contribution in [3.63, 3.8) is 0 Å². The smallest absolute Gasteiger partial charge is 0.228 e. The molecule has 0 aliphatic carbocycles. The lowest BCUT2D eigenvalue weighted by atomic mass is 10.1. The zero-order valence-electron chi connectivity index (χ0n) is 7.04. The Bertz CT molecular complexity index is 349. The van der Waals surface area contributed by atoms with Crippen molar-refractivity contribution in [2.45, 2.75) is 6.42 Å². The summed E-state index contributed by atoms with van der Waals surface area (Å²) >= 11 is 0. The Morgan fingerprint density at radius 3 is 3.15 bits per heavy atom. The van der Waals surface area contributed by atoms with Crippen LogP contribution in [0, 0.1) is 0 Å². The number of hydrogen-bond acceptors (Lipinski definition) is 3. The van der Waals surface area contributed by atoms with Crippen LogP contribution in [0.4, 0.5) is 5.69 Å². The number of fused-ring (bicyclic) bond motifs is 1. The van der Waals surface area contributed by atoms with Gasteiger partial charge < -0.3 is 10.1 Å². The Labute approximate surface area is 75.7 Å². The second-order valence-corrected chi connectivity index (χ2v) is 2.85. The summed E-state index contributed by atoms with van der Waals surface area (Å²) in [7, 11) is 0. The van der Waals surface area contributed by atoms with Crippen molar-refractivity contribution >= 4 is 11.6 Å². The van der Waals surface area contributed by atoms with Crippen LogP contribution in [0.5, 0.6) is 5.75 Å². The lowest BCUT2D eigenvalue weighted by molar-refractivity contribution is -0.115. The quantitative estimate of drug-likeness (QED) is 0.647. The number of rotatable bonds is 2. The van der Waals surface area contributed by atoms with E-state index in [2.05, 4.69) is 5.32 Å². The monoisotopic (exact) mass is 178 g/mol. The van der Waals surface area contributed by atoms with E-state index >= 15 is 0 Å². The minimum Gasteiger partial charge on any atom is -0.479 e.